The summed E-state index contributed by atoms with van der Waals surface area (Å²) in [5.41, 5.74) is 6.03. The Balaban J connectivity index is 1.97. The molecular formula is C11H10ClN5OS. The number of thiocarbonyl (C=S) groups is 1. The van der Waals surface area contributed by atoms with Gasteiger partial charge in [-0.15, -0.1) is 5.10 Å². The first kappa shape index (κ1) is 13.4. The van der Waals surface area contributed by atoms with Crippen molar-refractivity contribution in [3.05, 3.63) is 41.4 Å². The lowest BCUT2D eigenvalue weighted by Gasteiger charge is -2.04. The van der Waals surface area contributed by atoms with Crippen LogP contribution in [0, 0.1) is 0 Å². The van der Waals surface area contributed by atoms with E-state index in [1.807, 2.05) is 0 Å². The summed E-state index contributed by atoms with van der Waals surface area (Å²) in [6, 6.07) is 6.80. The molecule has 0 aliphatic carbocycles. The van der Waals surface area contributed by atoms with Crippen LogP contribution in [0.25, 0.3) is 0 Å². The van der Waals surface area contributed by atoms with Gasteiger partial charge >= 0.3 is 0 Å². The average Bonchev–Trinajstić information content (AvgIpc) is 2.80. The van der Waals surface area contributed by atoms with Crippen molar-refractivity contribution in [3.63, 3.8) is 0 Å². The molecule has 0 aliphatic heterocycles. The molecule has 3 N–H and O–H groups in total. The Morgan fingerprint density at radius 3 is 2.68 bits per heavy atom. The second kappa shape index (κ2) is 5.77. The normalized spacial score (nSPS) is 10.2. The van der Waals surface area contributed by atoms with E-state index in [0.29, 0.717) is 10.7 Å². The third-order valence-electron chi connectivity index (χ3n) is 2.19. The zero-order valence-electron chi connectivity index (χ0n) is 9.71. The summed E-state index contributed by atoms with van der Waals surface area (Å²) in [4.78, 5) is 15.7. The maximum atomic E-state index is 11.7. The molecule has 1 aromatic heterocycles. The minimum absolute atomic E-state index is 0.0260. The highest BCUT2D eigenvalue weighted by Crippen LogP contribution is 2.13. The molecule has 1 heterocycles. The summed E-state index contributed by atoms with van der Waals surface area (Å²) in [7, 11) is 0. The molecule has 0 radical (unpaired) electrons. The molecule has 0 unspecified atom stereocenters. The van der Waals surface area contributed by atoms with Gasteiger partial charge in [-0.2, -0.15) is 0 Å². The van der Waals surface area contributed by atoms with Crippen molar-refractivity contribution in [1.29, 1.82) is 0 Å². The van der Waals surface area contributed by atoms with Crippen molar-refractivity contribution in [2.45, 2.75) is 6.54 Å². The molecule has 0 saturated heterocycles. The summed E-state index contributed by atoms with van der Waals surface area (Å²) in [6.07, 6.45) is 1.40. The average molecular weight is 296 g/mol. The standard InChI is InChI=1S/C11H10ClN5OS/c12-7-1-3-8(4-2-7)15-9(18)5-17-6-14-11(16-17)10(13)19/h1-4,6H,5H2,(H2,13,19)(H,15,18). The van der Waals surface area contributed by atoms with Crippen LogP contribution in [0.4, 0.5) is 5.69 Å². The molecule has 0 aliphatic rings. The molecule has 0 spiro atoms. The van der Waals surface area contributed by atoms with E-state index in [-0.39, 0.29) is 23.3 Å². The molecule has 2 aromatic rings. The molecule has 1 aromatic carbocycles. The Morgan fingerprint density at radius 2 is 2.11 bits per heavy atom. The molecule has 98 valence electrons. The molecule has 0 bridgehead atoms. The predicted molar refractivity (Wildman–Crippen MR) is 76.0 cm³/mol. The molecule has 2 rings (SSSR count). The molecule has 6 nitrogen and oxygen atoms in total. The van der Waals surface area contributed by atoms with Gasteiger partial charge in [-0.25, -0.2) is 9.67 Å². The third-order valence-corrected chi connectivity index (χ3v) is 2.62. The minimum atomic E-state index is -0.235. The number of anilines is 1. The number of carbonyl (C=O) groups is 1. The van der Waals surface area contributed by atoms with Crippen LogP contribution in [-0.4, -0.2) is 25.7 Å². The zero-order chi connectivity index (χ0) is 13.8. The summed E-state index contributed by atoms with van der Waals surface area (Å²) in [5.74, 6) is 0.0102. The SMILES string of the molecule is NC(=S)c1ncn(CC(=O)Nc2ccc(Cl)cc2)n1. The summed E-state index contributed by atoms with van der Waals surface area (Å²) in [6.45, 7) is 0.0260. The van der Waals surface area contributed by atoms with Crippen molar-refractivity contribution in [2.24, 2.45) is 5.73 Å². The van der Waals surface area contributed by atoms with Crippen LogP contribution in [0.3, 0.4) is 0 Å². The largest absolute Gasteiger partial charge is 0.387 e. The second-order valence-corrected chi connectivity index (χ2v) is 4.56. The van der Waals surface area contributed by atoms with Crippen LogP contribution >= 0.6 is 23.8 Å². The van der Waals surface area contributed by atoms with Gasteiger partial charge in [-0.1, -0.05) is 23.8 Å². The van der Waals surface area contributed by atoms with Gasteiger partial charge in [0.2, 0.25) is 11.7 Å². The third kappa shape index (κ3) is 3.73. The lowest BCUT2D eigenvalue weighted by molar-refractivity contribution is -0.116. The number of hydrogen-bond acceptors (Lipinski definition) is 4. The number of nitrogens with zero attached hydrogens (tertiary/aromatic N) is 3. The summed E-state index contributed by atoms with van der Waals surface area (Å²) < 4.78 is 1.36. The lowest BCUT2D eigenvalue weighted by Crippen LogP contribution is -2.20. The monoisotopic (exact) mass is 295 g/mol. The fourth-order valence-electron chi connectivity index (χ4n) is 1.36. The Morgan fingerprint density at radius 1 is 1.42 bits per heavy atom. The first-order valence-corrected chi connectivity index (χ1v) is 6.08. The predicted octanol–water partition coefficient (Wildman–Crippen LogP) is 1.20. The fraction of sp³-hybridized carbons (Fsp3) is 0.0909. The van der Waals surface area contributed by atoms with E-state index in [4.69, 9.17) is 29.6 Å². The van der Waals surface area contributed by atoms with E-state index in [1.54, 1.807) is 24.3 Å². The van der Waals surface area contributed by atoms with E-state index in [0.717, 1.165) is 0 Å². The quantitative estimate of drug-likeness (QED) is 0.828. The molecular weight excluding hydrogens is 286 g/mol. The molecule has 8 heteroatoms. The van der Waals surface area contributed by atoms with Crippen molar-refractivity contribution in [3.8, 4) is 0 Å². The number of hydrogen-bond donors (Lipinski definition) is 2. The van der Waals surface area contributed by atoms with Crippen LogP contribution in [-0.2, 0) is 11.3 Å². The highest BCUT2D eigenvalue weighted by atomic mass is 35.5. The zero-order valence-corrected chi connectivity index (χ0v) is 11.3. The Bertz CT molecular complexity index is 610. The van der Waals surface area contributed by atoms with Crippen LogP contribution < -0.4 is 11.1 Å². The van der Waals surface area contributed by atoms with Gasteiger partial charge in [0.25, 0.3) is 0 Å². The molecule has 1 amide bonds. The van der Waals surface area contributed by atoms with Gasteiger partial charge in [0.15, 0.2) is 0 Å². The van der Waals surface area contributed by atoms with Crippen LogP contribution in [0.5, 0.6) is 0 Å². The lowest BCUT2D eigenvalue weighted by atomic mass is 10.3. The number of nitrogens with one attached hydrogen (secondary N) is 1. The van der Waals surface area contributed by atoms with Crippen molar-refractivity contribution in [2.75, 3.05) is 5.32 Å². The molecule has 0 fully saturated rings. The number of benzene rings is 1. The van der Waals surface area contributed by atoms with Gasteiger partial charge < -0.3 is 11.1 Å². The number of carbonyl (C=O) groups excluding carboxylic acids is 1. The number of nitrogens with two attached hydrogens (primary N) is 1. The van der Waals surface area contributed by atoms with Gasteiger partial charge in [0.1, 0.15) is 17.9 Å². The molecule has 19 heavy (non-hydrogen) atoms. The molecule has 0 atom stereocenters. The Hall–Kier alpha value is -1.99. The fourth-order valence-corrected chi connectivity index (χ4v) is 1.58. The van der Waals surface area contributed by atoms with Crippen LogP contribution in [0.2, 0.25) is 5.02 Å². The maximum absolute atomic E-state index is 11.7. The maximum Gasteiger partial charge on any atom is 0.246 e. The highest BCUT2D eigenvalue weighted by molar-refractivity contribution is 7.80. The summed E-state index contributed by atoms with van der Waals surface area (Å²) in [5, 5.41) is 7.28. The highest BCUT2D eigenvalue weighted by Gasteiger charge is 2.07. The number of rotatable bonds is 4. The van der Waals surface area contributed by atoms with E-state index in [9.17, 15) is 4.79 Å². The second-order valence-electron chi connectivity index (χ2n) is 3.69. The first-order valence-electron chi connectivity index (χ1n) is 5.29. The van der Waals surface area contributed by atoms with Crippen LogP contribution in [0.15, 0.2) is 30.6 Å². The van der Waals surface area contributed by atoms with Crippen molar-refractivity contribution in [1.82, 2.24) is 14.8 Å². The summed E-state index contributed by atoms with van der Waals surface area (Å²) >= 11 is 10.5. The number of amides is 1. The van der Waals surface area contributed by atoms with E-state index in [2.05, 4.69) is 15.4 Å². The smallest absolute Gasteiger partial charge is 0.246 e. The van der Waals surface area contributed by atoms with Crippen molar-refractivity contribution >= 4 is 40.4 Å². The topological polar surface area (TPSA) is 85.8 Å². The number of aromatic nitrogens is 3. The van der Waals surface area contributed by atoms with Gasteiger partial charge in [0, 0.05) is 10.7 Å². The van der Waals surface area contributed by atoms with Gasteiger partial charge in [0.05, 0.1) is 0 Å². The minimum Gasteiger partial charge on any atom is -0.387 e. The number of halogens is 1. The first-order chi connectivity index (χ1) is 9.04. The Kier molecular flexibility index (Phi) is 4.08. The van der Waals surface area contributed by atoms with E-state index >= 15 is 0 Å². The van der Waals surface area contributed by atoms with E-state index in [1.165, 1.54) is 11.0 Å². The van der Waals surface area contributed by atoms with Gasteiger partial charge in [-0.05, 0) is 24.3 Å². The van der Waals surface area contributed by atoms with Crippen molar-refractivity contribution < 1.29 is 4.79 Å². The van der Waals surface area contributed by atoms with Gasteiger partial charge in [-0.3, -0.25) is 4.79 Å². The van der Waals surface area contributed by atoms with Crippen LogP contribution in [0.1, 0.15) is 5.82 Å². The molecule has 0 saturated carbocycles. The Labute approximate surface area is 119 Å². The van der Waals surface area contributed by atoms with E-state index < -0.39 is 0 Å².